The minimum atomic E-state index is -0.384. The summed E-state index contributed by atoms with van der Waals surface area (Å²) in [6.45, 7) is 9.30. The predicted octanol–water partition coefficient (Wildman–Crippen LogP) is 4.06. The third kappa shape index (κ3) is 5.94. The van der Waals surface area contributed by atoms with Crippen molar-refractivity contribution in [2.75, 3.05) is 10.6 Å². The Morgan fingerprint density at radius 3 is 2.00 bits per heavy atom. The Morgan fingerprint density at radius 2 is 1.43 bits per heavy atom. The smallest absolute Gasteiger partial charge is 0.255 e. The molecule has 2 aromatic carbocycles. The molecule has 0 aliphatic heterocycles. The van der Waals surface area contributed by atoms with E-state index in [0.717, 1.165) is 0 Å². The second-order valence-electron chi connectivity index (χ2n) is 7.93. The number of hydrogen-bond donors (Lipinski definition) is 3. The van der Waals surface area contributed by atoms with Crippen molar-refractivity contribution in [2.45, 2.75) is 40.2 Å². The van der Waals surface area contributed by atoms with Crippen molar-refractivity contribution in [2.24, 2.45) is 5.92 Å². The molecular weight excluding hydrogens is 354 g/mol. The lowest BCUT2D eigenvalue weighted by molar-refractivity contribution is -0.118. The van der Waals surface area contributed by atoms with Crippen LogP contribution in [-0.4, -0.2) is 23.3 Å². The molecule has 148 valence electrons. The van der Waals surface area contributed by atoms with Crippen molar-refractivity contribution in [3.63, 3.8) is 0 Å². The van der Waals surface area contributed by atoms with E-state index in [1.54, 1.807) is 48.5 Å². The topological polar surface area (TPSA) is 87.3 Å². The van der Waals surface area contributed by atoms with Gasteiger partial charge in [0.1, 0.15) is 0 Å². The van der Waals surface area contributed by atoms with Crippen LogP contribution in [0.3, 0.4) is 0 Å². The van der Waals surface area contributed by atoms with E-state index in [9.17, 15) is 14.4 Å². The highest BCUT2D eigenvalue weighted by Crippen LogP contribution is 2.18. The summed E-state index contributed by atoms with van der Waals surface area (Å²) in [6, 6.07) is 13.5. The van der Waals surface area contributed by atoms with Gasteiger partial charge >= 0.3 is 0 Å². The van der Waals surface area contributed by atoms with Crippen LogP contribution in [0.15, 0.2) is 48.5 Å². The van der Waals surface area contributed by atoms with Gasteiger partial charge in [-0.15, -0.1) is 0 Å². The molecule has 0 spiro atoms. The summed E-state index contributed by atoms with van der Waals surface area (Å²) in [6.07, 6.45) is 0. The average molecular weight is 381 g/mol. The van der Waals surface area contributed by atoms with E-state index in [4.69, 9.17) is 0 Å². The number of carbonyl (C=O) groups is 3. The minimum Gasteiger partial charge on any atom is -0.347 e. The molecule has 0 unspecified atom stereocenters. The number of rotatable bonds is 5. The maximum atomic E-state index is 12.6. The van der Waals surface area contributed by atoms with Crippen molar-refractivity contribution in [1.29, 1.82) is 0 Å². The Kier molecular flexibility index (Phi) is 6.57. The van der Waals surface area contributed by atoms with Crippen LogP contribution in [0.2, 0.25) is 0 Å². The summed E-state index contributed by atoms with van der Waals surface area (Å²) >= 11 is 0. The number of hydrogen-bond acceptors (Lipinski definition) is 3. The van der Waals surface area contributed by atoms with Crippen LogP contribution in [0.5, 0.6) is 0 Å². The van der Waals surface area contributed by atoms with Gasteiger partial charge in [0, 0.05) is 22.7 Å². The number of anilines is 2. The molecule has 3 amide bonds. The molecule has 0 aromatic heterocycles. The highest BCUT2D eigenvalue weighted by atomic mass is 16.2. The van der Waals surface area contributed by atoms with Crippen LogP contribution >= 0.6 is 0 Å². The lowest BCUT2D eigenvalue weighted by Gasteiger charge is -2.21. The maximum Gasteiger partial charge on any atom is 0.255 e. The number of benzene rings is 2. The normalized spacial score (nSPS) is 11.1. The Bertz CT molecular complexity index is 865. The zero-order chi connectivity index (χ0) is 20.9. The molecular formula is C22H27N3O3. The summed E-state index contributed by atoms with van der Waals surface area (Å²) in [5.74, 6) is -0.803. The van der Waals surface area contributed by atoms with E-state index in [-0.39, 0.29) is 29.2 Å². The summed E-state index contributed by atoms with van der Waals surface area (Å²) in [5.41, 5.74) is 1.50. The lowest BCUT2D eigenvalue weighted by atomic mass is 10.1. The van der Waals surface area contributed by atoms with E-state index in [1.807, 2.05) is 34.6 Å². The predicted molar refractivity (Wildman–Crippen MR) is 112 cm³/mol. The molecule has 0 aliphatic carbocycles. The highest BCUT2D eigenvalue weighted by molar-refractivity contribution is 6.09. The third-order valence-corrected chi connectivity index (χ3v) is 3.85. The maximum absolute atomic E-state index is 12.6. The van der Waals surface area contributed by atoms with Crippen molar-refractivity contribution < 1.29 is 14.4 Å². The van der Waals surface area contributed by atoms with E-state index in [2.05, 4.69) is 16.0 Å². The number of nitrogens with one attached hydrogen (secondary N) is 3. The Balaban J connectivity index is 2.13. The van der Waals surface area contributed by atoms with Gasteiger partial charge < -0.3 is 16.0 Å². The third-order valence-electron chi connectivity index (χ3n) is 3.85. The van der Waals surface area contributed by atoms with Gasteiger partial charge in [-0.2, -0.15) is 0 Å². The monoisotopic (exact) mass is 381 g/mol. The van der Waals surface area contributed by atoms with Crippen LogP contribution in [-0.2, 0) is 4.79 Å². The molecule has 0 heterocycles. The van der Waals surface area contributed by atoms with Crippen molar-refractivity contribution in [3.05, 3.63) is 59.7 Å². The zero-order valence-corrected chi connectivity index (χ0v) is 16.9. The van der Waals surface area contributed by atoms with Gasteiger partial charge in [-0.1, -0.05) is 26.0 Å². The fourth-order valence-electron chi connectivity index (χ4n) is 2.38. The van der Waals surface area contributed by atoms with Gasteiger partial charge in [0.05, 0.1) is 11.3 Å². The Hall–Kier alpha value is -3.15. The number of para-hydroxylation sites is 1. The van der Waals surface area contributed by atoms with Crippen LogP contribution in [0, 0.1) is 5.92 Å². The quantitative estimate of drug-likeness (QED) is 0.730. The minimum absolute atomic E-state index is 0.0870. The molecule has 0 bridgehead atoms. The molecule has 0 saturated heterocycles. The van der Waals surface area contributed by atoms with E-state index in [1.165, 1.54) is 0 Å². The summed E-state index contributed by atoms with van der Waals surface area (Å²) < 4.78 is 0. The van der Waals surface area contributed by atoms with Crippen molar-refractivity contribution in [3.8, 4) is 0 Å². The molecule has 0 fully saturated rings. The SMILES string of the molecule is CC(C)C(=O)Nc1ccc(C(=O)Nc2ccccc2C(=O)NC(C)(C)C)cc1. The first-order valence-electron chi connectivity index (χ1n) is 9.20. The van der Waals surface area contributed by atoms with Crippen LogP contribution < -0.4 is 16.0 Å². The Labute approximate surface area is 165 Å². The van der Waals surface area contributed by atoms with Gasteiger partial charge in [0.25, 0.3) is 11.8 Å². The Morgan fingerprint density at radius 1 is 0.821 bits per heavy atom. The molecule has 0 aliphatic rings. The average Bonchev–Trinajstić information content (AvgIpc) is 2.61. The van der Waals surface area contributed by atoms with E-state index < -0.39 is 0 Å². The van der Waals surface area contributed by atoms with Gasteiger partial charge in [-0.3, -0.25) is 14.4 Å². The van der Waals surface area contributed by atoms with Gasteiger partial charge in [0.2, 0.25) is 5.91 Å². The van der Waals surface area contributed by atoms with Crippen molar-refractivity contribution in [1.82, 2.24) is 5.32 Å². The summed E-state index contributed by atoms with van der Waals surface area (Å²) in [5, 5.41) is 8.46. The molecule has 6 nitrogen and oxygen atoms in total. The first-order valence-corrected chi connectivity index (χ1v) is 9.20. The molecule has 0 atom stereocenters. The largest absolute Gasteiger partial charge is 0.347 e. The molecule has 0 saturated carbocycles. The zero-order valence-electron chi connectivity index (χ0n) is 16.9. The van der Waals surface area contributed by atoms with Crippen LogP contribution in [0.4, 0.5) is 11.4 Å². The molecule has 6 heteroatoms. The fraction of sp³-hybridized carbons (Fsp3) is 0.318. The first-order chi connectivity index (χ1) is 13.1. The summed E-state index contributed by atoms with van der Waals surface area (Å²) in [7, 11) is 0. The van der Waals surface area contributed by atoms with E-state index >= 15 is 0 Å². The second kappa shape index (κ2) is 8.69. The molecule has 2 aromatic rings. The van der Waals surface area contributed by atoms with Gasteiger partial charge in [0.15, 0.2) is 0 Å². The molecule has 2 rings (SSSR count). The lowest BCUT2D eigenvalue weighted by Crippen LogP contribution is -2.40. The standard InChI is InChI=1S/C22H27N3O3/c1-14(2)19(26)23-16-12-10-15(11-13-16)20(27)24-18-9-7-6-8-17(18)21(28)25-22(3,4)5/h6-14H,1-5H3,(H,23,26)(H,24,27)(H,25,28). The summed E-state index contributed by atoms with van der Waals surface area (Å²) in [4.78, 5) is 36.8. The van der Waals surface area contributed by atoms with Crippen LogP contribution in [0.25, 0.3) is 0 Å². The van der Waals surface area contributed by atoms with Crippen LogP contribution in [0.1, 0.15) is 55.3 Å². The molecule has 0 radical (unpaired) electrons. The van der Waals surface area contributed by atoms with Gasteiger partial charge in [-0.05, 0) is 57.2 Å². The number of amides is 3. The first kappa shape index (κ1) is 21.2. The molecule has 28 heavy (non-hydrogen) atoms. The van der Waals surface area contributed by atoms with E-state index in [0.29, 0.717) is 22.5 Å². The second-order valence-corrected chi connectivity index (χ2v) is 7.93. The molecule has 3 N–H and O–H groups in total. The van der Waals surface area contributed by atoms with Crippen molar-refractivity contribution >= 4 is 29.1 Å². The number of carbonyl (C=O) groups excluding carboxylic acids is 3. The fourth-order valence-corrected chi connectivity index (χ4v) is 2.38. The highest BCUT2D eigenvalue weighted by Gasteiger charge is 2.19. The van der Waals surface area contributed by atoms with Gasteiger partial charge in [-0.25, -0.2) is 0 Å².